The fourth-order valence-corrected chi connectivity index (χ4v) is 2.60. The van der Waals surface area contributed by atoms with E-state index in [2.05, 4.69) is 32.7 Å². The average molecular weight is 299 g/mol. The maximum atomic E-state index is 9.94. The fourth-order valence-electron chi connectivity index (χ4n) is 2.19. The molecule has 1 aliphatic rings. The lowest BCUT2D eigenvalue weighted by Gasteiger charge is -2.34. The van der Waals surface area contributed by atoms with E-state index in [1.807, 2.05) is 18.2 Å². The van der Waals surface area contributed by atoms with Gasteiger partial charge in [0.05, 0.1) is 4.47 Å². The van der Waals surface area contributed by atoms with Crippen molar-refractivity contribution in [3.05, 3.63) is 28.2 Å². The van der Waals surface area contributed by atoms with E-state index >= 15 is 0 Å². The summed E-state index contributed by atoms with van der Waals surface area (Å²) in [5, 5.41) is 9.94. The molecule has 1 aromatic rings. The van der Waals surface area contributed by atoms with Crippen LogP contribution < -0.4 is 0 Å². The van der Waals surface area contributed by atoms with E-state index in [1.165, 1.54) is 0 Å². The lowest BCUT2D eigenvalue weighted by molar-refractivity contribution is 0.131. The van der Waals surface area contributed by atoms with Gasteiger partial charge in [0.15, 0.2) is 0 Å². The van der Waals surface area contributed by atoms with Gasteiger partial charge < -0.3 is 10.0 Å². The molecule has 1 N–H and O–H groups in total. The molecular formula is C13H19BrN2O. The smallest absolute Gasteiger partial charge is 0.134 e. The van der Waals surface area contributed by atoms with Crippen LogP contribution in [-0.4, -0.2) is 47.6 Å². The first-order valence-electron chi connectivity index (χ1n) is 6.11. The molecule has 94 valence electrons. The number of phenols is 1. The van der Waals surface area contributed by atoms with Crippen LogP contribution in [0.1, 0.15) is 12.5 Å². The summed E-state index contributed by atoms with van der Waals surface area (Å²) in [5.41, 5.74) is 1.00. The summed E-state index contributed by atoms with van der Waals surface area (Å²) in [5.74, 6) is 0.380. The van der Waals surface area contributed by atoms with Crippen molar-refractivity contribution in [3.8, 4) is 5.75 Å². The Labute approximate surface area is 111 Å². The van der Waals surface area contributed by atoms with Gasteiger partial charge in [-0.05, 0) is 28.5 Å². The first kappa shape index (κ1) is 12.9. The van der Waals surface area contributed by atoms with E-state index in [-0.39, 0.29) is 0 Å². The minimum absolute atomic E-state index is 0.380. The minimum Gasteiger partial charge on any atom is -0.506 e. The van der Waals surface area contributed by atoms with E-state index in [0.29, 0.717) is 5.75 Å². The topological polar surface area (TPSA) is 26.7 Å². The number of rotatable bonds is 3. The van der Waals surface area contributed by atoms with E-state index in [4.69, 9.17) is 0 Å². The Morgan fingerprint density at radius 1 is 1.18 bits per heavy atom. The summed E-state index contributed by atoms with van der Waals surface area (Å²) >= 11 is 3.35. The van der Waals surface area contributed by atoms with Gasteiger partial charge in [-0.15, -0.1) is 0 Å². The number of aromatic hydroxyl groups is 1. The van der Waals surface area contributed by atoms with Crippen molar-refractivity contribution in [2.75, 3.05) is 32.7 Å². The Hall–Kier alpha value is -0.580. The van der Waals surface area contributed by atoms with Gasteiger partial charge in [0, 0.05) is 38.3 Å². The minimum atomic E-state index is 0.380. The predicted molar refractivity (Wildman–Crippen MR) is 73.2 cm³/mol. The van der Waals surface area contributed by atoms with Gasteiger partial charge in [0.2, 0.25) is 0 Å². The molecule has 0 amide bonds. The zero-order valence-electron chi connectivity index (χ0n) is 10.2. The summed E-state index contributed by atoms with van der Waals surface area (Å²) in [6, 6.07) is 5.83. The predicted octanol–water partition coefficient (Wildman–Crippen LogP) is 2.29. The Kier molecular flexibility index (Phi) is 4.42. The van der Waals surface area contributed by atoms with Gasteiger partial charge in [-0.1, -0.05) is 19.1 Å². The molecule has 0 unspecified atom stereocenters. The highest BCUT2D eigenvalue weighted by atomic mass is 79.9. The third-order valence-corrected chi connectivity index (χ3v) is 4.02. The van der Waals surface area contributed by atoms with Crippen molar-refractivity contribution in [2.45, 2.75) is 13.5 Å². The fraction of sp³-hybridized carbons (Fsp3) is 0.538. The SMILES string of the molecule is CCN1CCN(Cc2cccc(Br)c2O)CC1. The maximum absolute atomic E-state index is 9.94. The van der Waals surface area contributed by atoms with Gasteiger partial charge in [0.25, 0.3) is 0 Å². The highest BCUT2D eigenvalue weighted by Crippen LogP contribution is 2.28. The second-order valence-corrected chi connectivity index (χ2v) is 5.31. The van der Waals surface area contributed by atoms with Crippen LogP contribution >= 0.6 is 15.9 Å². The molecule has 17 heavy (non-hydrogen) atoms. The maximum Gasteiger partial charge on any atom is 0.134 e. The second kappa shape index (κ2) is 5.85. The summed E-state index contributed by atoms with van der Waals surface area (Å²) in [6.45, 7) is 8.60. The highest BCUT2D eigenvalue weighted by molar-refractivity contribution is 9.10. The molecule has 2 rings (SSSR count). The number of phenolic OH excluding ortho intramolecular Hbond substituents is 1. The summed E-state index contributed by atoms with van der Waals surface area (Å²) in [6.07, 6.45) is 0. The summed E-state index contributed by atoms with van der Waals surface area (Å²) in [4.78, 5) is 4.85. The van der Waals surface area contributed by atoms with Crippen LogP contribution in [0.2, 0.25) is 0 Å². The molecule has 0 atom stereocenters. The number of benzene rings is 1. The molecule has 0 radical (unpaired) electrons. The Morgan fingerprint density at radius 2 is 1.82 bits per heavy atom. The highest BCUT2D eigenvalue weighted by Gasteiger charge is 2.16. The molecule has 1 heterocycles. The zero-order chi connectivity index (χ0) is 12.3. The van der Waals surface area contributed by atoms with Crippen molar-refractivity contribution in [3.63, 3.8) is 0 Å². The molecule has 0 aliphatic carbocycles. The molecule has 1 fully saturated rings. The number of hydrogen-bond acceptors (Lipinski definition) is 3. The third-order valence-electron chi connectivity index (χ3n) is 3.38. The van der Waals surface area contributed by atoms with Gasteiger partial charge >= 0.3 is 0 Å². The van der Waals surface area contributed by atoms with Crippen molar-refractivity contribution in [1.29, 1.82) is 0 Å². The lowest BCUT2D eigenvalue weighted by Crippen LogP contribution is -2.45. The first-order valence-corrected chi connectivity index (χ1v) is 6.91. The van der Waals surface area contributed by atoms with Gasteiger partial charge in [-0.25, -0.2) is 0 Å². The van der Waals surface area contributed by atoms with Crippen LogP contribution in [-0.2, 0) is 6.54 Å². The van der Waals surface area contributed by atoms with Crippen molar-refractivity contribution < 1.29 is 5.11 Å². The van der Waals surface area contributed by atoms with E-state index < -0.39 is 0 Å². The molecule has 3 nitrogen and oxygen atoms in total. The zero-order valence-corrected chi connectivity index (χ0v) is 11.8. The normalized spacial score (nSPS) is 18.5. The molecule has 0 aromatic heterocycles. The average Bonchev–Trinajstić information content (AvgIpc) is 2.36. The van der Waals surface area contributed by atoms with Crippen LogP contribution in [0.15, 0.2) is 22.7 Å². The Balaban J connectivity index is 1.95. The van der Waals surface area contributed by atoms with Crippen LogP contribution in [0, 0.1) is 0 Å². The Bertz CT molecular complexity index is 376. The van der Waals surface area contributed by atoms with Crippen LogP contribution in [0.4, 0.5) is 0 Å². The number of para-hydroxylation sites is 1. The van der Waals surface area contributed by atoms with E-state index in [0.717, 1.165) is 49.3 Å². The van der Waals surface area contributed by atoms with E-state index in [1.54, 1.807) is 0 Å². The lowest BCUT2D eigenvalue weighted by atomic mass is 10.1. The third kappa shape index (κ3) is 3.21. The van der Waals surface area contributed by atoms with Crippen molar-refractivity contribution >= 4 is 15.9 Å². The standard InChI is InChI=1S/C13H19BrN2O/c1-2-15-6-8-16(9-7-15)10-11-4-3-5-12(14)13(11)17/h3-5,17H,2,6-10H2,1H3. The number of hydrogen-bond donors (Lipinski definition) is 1. The summed E-state index contributed by atoms with van der Waals surface area (Å²) < 4.78 is 0.780. The molecule has 0 spiro atoms. The van der Waals surface area contributed by atoms with Gasteiger partial charge in [0.1, 0.15) is 5.75 Å². The second-order valence-electron chi connectivity index (χ2n) is 4.46. The van der Waals surface area contributed by atoms with Crippen molar-refractivity contribution in [2.24, 2.45) is 0 Å². The number of nitrogens with zero attached hydrogens (tertiary/aromatic N) is 2. The molecular weight excluding hydrogens is 280 g/mol. The van der Waals surface area contributed by atoms with Crippen LogP contribution in [0.3, 0.4) is 0 Å². The van der Waals surface area contributed by atoms with Crippen molar-refractivity contribution in [1.82, 2.24) is 9.80 Å². The number of likely N-dealkylation sites (N-methyl/N-ethyl adjacent to an activating group) is 1. The van der Waals surface area contributed by atoms with Gasteiger partial charge in [-0.2, -0.15) is 0 Å². The largest absolute Gasteiger partial charge is 0.506 e. The van der Waals surface area contributed by atoms with E-state index in [9.17, 15) is 5.11 Å². The Morgan fingerprint density at radius 3 is 2.47 bits per heavy atom. The van der Waals surface area contributed by atoms with Gasteiger partial charge in [-0.3, -0.25) is 4.90 Å². The van der Waals surface area contributed by atoms with Crippen LogP contribution in [0.25, 0.3) is 0 Å². The number of halogens is 1. The molecule has 0 saturated carbocycles. The number of piperazine rings is 1. The molecule has 1 saturated heterocycles. The molecule has 1 aliphatic heterocycles. The molecule has 1 aromatic carbocycles. The molecule has 0 bridgehead atoms. The molecule has 4 heteroatoms. The quantitative estimate of drug-likeness (QED) is 0.927. The van der Waals surface area contributed by atoms with Crippen LogP contribution in [0.5, 0.6) is 5.75 Å². The monoisotopic (exact) mass is 298 g/mol. The summed E-state index contributed by atoms with van der Waals surface area (Å²) in [7, 11) is 0. The first-order chi connectivity index (χ1) is 8.20.